The average Bonchev–Trinajstić information content (AvgIpc) is 3.03. The van der Waals surface area contributed by atoms with Crippen LogP contribution in [0.15, 0.2) is 0 Å². The van der Waals surface area contributed by atoms with Crippen molar-refractivity contribution in [3.05, 3.63) is 0 Å². The van der Waals surface area contributed by atoms with Crippen molar-refractivity contribution < 1.29 is 9.47 Å². The van der Waals surface area contributed by atoms with E-state index in [9.17, 15) is 0 Å². The standard InChI is InChI=1S/C38H77NO2.C2H6/c1-4-6-8-10-12-14-16-18-20-22-24-26-28-30-36-40-38(32-34-39(3)35-33-38)41-37-31-29-27-25-23-21-19-17-15-13-11-9-7-5-2;1-2/h4-37H2,1-3H3;1-2H3. The largest absolute Gasteiger partial charge is 0.350 e. The lowest BCUT2D eigenvalue weighted by Crippen LogP contribution is -2.47. The first kappa shape index (κ1) is 42.9. The van der Waals surface area contributed by atoms with Gasteiger partial charge < -0.3 is 14.4 Å². The van der Waals surface area contributed by atoms with Crippen LogP contribution in [0.5, 0.6) is 0 Å². The van der Waals surface area contributed by atoms with Crippen LogP contribution in [0.1, 0.15) is 220 Å². The summed E-state index contributed by atoms with van der Waals surface area (Å²) in [5, 5.41) is 0. The normalized spacial score (nSPS) is 15.0. The summed E-state index contributed by atoms with van der Waals surface area (Å²) < 4.78 is 13.0. The predicted octanol–water partition coefficient (Wildman–Crippen LogP) is 13.4. The van der Waals surface area contributed by atoms with Crippen LogP contribution in [0, 0.1) is 0 Å². The molecule has 0 aromatic heterocycles. The van der Waals surface area contributed by atoms with Gasteiger partial charge in [0.15, 0.2) is 5.79 Å². The summed E-state index contributed by atoms with van der Waals surface area (Å²) >= 11 is 0. The Morgan fingerprint density at radius 3 is 0.884 bits per heavy atom. The third kappa shape index (κ3) is 29.1. The molecule has 0 aromatic rings. The summed E-state index contributed by atoms with van der Waals surface area (Å²) in [4.78, 5) is 2.42. The smallest absolute Gasteiger partial charge is 0.170 e. The molecule has 1 rings (SSSR count). The number of nitrogens with zero attached hydrogens (tertiary/aromatic N) is 1. The Kier molecular flexibility index (Phi) is 34.7. The van der Waals surface area contributed by atoms with Crippen molar-refractivity contribution in [3.8, 4) is 0 Å². The van der Waals surface area contributed by atoms with Crippen LogP contribution in [0.4, 0.5) is 0 Å². The quantitative estimate of drug-likeness (QED) is 0.0559. The first-order valence-corrected chi connectivity index (χ1v) is 20.2. The molecule has 3 nitrogen and oxygen atoms in total. The molecule has 0 spiro atoms. The van der Waals surface area contributed by atoms with E-state index < -0.39 is 0 Å². The Balaban J connectivity index is 0.00000862. The van der Waals surface area contributed by atoms with Gasteiger partial charge in [-0.2, -0.15) is 0 Å². The molecule has 0 aliphatic carbocycles. The molecule has 43 heavy (non-hydrogen) atoms. The zero-order valence-corrected chi connectivity index (χ0v) is 30.8. The highest BCUT2D eigenvalue weighted by molar-refractivity contribution is 4.79. The molecule has 1 saturated heterocycles. The van der Waals surface area contributed by atoms with Crippen molar-refractivity contribution >= 4 is 0 Å². The van der Waals surface area contributed by atoms with Crippen LogP contribution in [0.2, 0.25) is 0 Å². The van der Waals surface area contributed by atoms with Crippen molar-refractivity contribution in [1.29, 1.82) is 0 Å². The SMILES string of the molecule is CC.CCCCCCCCCCCCCCCCOC1(OCCCCCCCCCCCCCCCC)CCN(C)CC1. The fourth-order valence-electron chi connectivity index (χ4n) is 6.40. The summed E-state index contributed by atoms with van der Waals surface area (Å²) in [6.45, 7) is 12.5. The van der Waals surface area contributed by atoms with Gasteiger partial charge in [0.05, 0.1) is 13.2 Å². The number of hydrogen-bond donors (Lipinski definition) is 0. The van der Waals surface area contributed by atoms with Gasteiger partial charge in [0, 0.05) is 25.9 Å². The molecule has 260 valence electrons. The van der Waals surface area contributed by atoms with Crippen LogP contribution >= 0.6 is 0 Å². The second-order valence-corrected chi connectivity index (χ2v) is 13.6. The molecule has 0 saturated carbocycles. The molecule has 0 atom stereocenters. The van der Waals surface area contributed by atoms with Crippen LogP contribution in [0.25, 0.3) is 0 Å². The summed E-state index contributed by atoms with van der Waals surface area (Å²) in [7, 11) is 2.23. The fourth-order valence-corrected chi connectivity index (χ4v) is 6.40. The lowest BCUT2D eigenvalue weighted by Gasteiger charge is -2.40. The van der Waals surface area contributed by atoms with Gasteiger partial charge in [-0.15, -0.1) is 0 Å². The molecule has 0 N–H and O–H groups in total. The van der Waals surface area contributed by atoms with Gasteiger partial charge in [0.2, 0.25) is 0 Å². The van der Waals surface area contributed by atoms with E-state index in [1.165, 1.54) is 180 Å². The van der Waals surface area contributed by atoms with Gasteiger partial charge in [0.25, 0.3) is 0 Å². The number of unbranched alkanes of at least 4 members (excludes halogenated alkanes) is 26. The van der Waals surface area contributed by atoms with Crippen molar-refractivity contribution in [2.24, 2.45) is 0 Å². The molecular weight excluding hydrogens is 526 g/mol. The number of hydrogen-bond acceptors (Lipinski definition) is 3. The lowest BCUT2D eigenvalue weighted by atomic mass is 10.0. The minimum atomic E-state index is -0.306. The molecule has 1 fully saturated rings. The minimum absolute atomic E-state index is 0.306. The van der Waals surface area contributed by atoms with E-state index in [-0.39, 0.29) is 5.79 Å². The molecule has 0 unspecified atom stereocenters. The topological polar surface area (TPSA) is 21.7 Å². The van der Waals surface area contributed by atoms with Gasteiger partial charge in [-0.3, -0.25) is 0 Å². The minimum Gasteiger partial charge on any atom is -0.350 e. The number of rotatable bonds is 32. The summed E-state index contributed by atoms with van der Waals surface area (Å²) in [6.07, 6.45) is 41.4. The monoisotopic (exact) mass is 610 g/mol. The maximum atomic E-state index is 6.50. The first-order valence-electron chi connectivity index (χ1n) is 20.2. The van der Waals surface area contributed by atoms with Crippen LogP contribution in [0.3, 0.4) is 0 Å². The molecule has 0 bridgehead atoms. The van der Waals surface area contributed by atoms with Gasteiger partial charge in [-0.05, 0) is 19.9 Å². The van der Waals surface area contributed by atoms with Gasteiger partial charge in [-0.1, -0.05) is 195 Å². The fraction of sp³-hybridized carbons (Fsp3) is 1.00. The zero-order valence-electron chi connectivity index (χ0n) is 30.8. The molecule has 3 heteroatoms. The van der Waals surface area contributed by atoms with E-state index >= 15 is 0 Å². The Hall–Kier alpha value is -0.120. The second-order valence-electron chi connectivity index (χ2n) is 13.6. The average molecular weight is 610 g/mol. The summed E-state index contributed by atoms with van der Waals surface area (Å²) in [6, 6.07) is 0. The third-order valence-corrected chi connectivity index (χ3v) is 9.47. The molecular formula is C40H83NO2. The van der Waals surface area contributed by atoms with E-state index in [1.54, 1.807) is 0 Å². The van der Waals surface area contributed by atoms with Crippen LogP contribution in [-0.4, -0.2) is 44.0 Å². The van der Waals surface area contributed by atoms with Crippen molar-refractivity contribution in [3.63, 3.8) is 0 Å². The lowest BCUT2D eigenvalue weighted by molar-refractivity contribution is -0.257. The van der Waals surface area contributed by atoms with Crippen molar-refractivity contribution in [1.82, 2.24) is 4.90 Å². The highest BCUT2D eigenvalue weighted by Gasteiger charge is 2.35. The Bertz CT molecular complexity index is 467. The number of piperidine rings is 1. The highest BCUT2D eigenvalue weighted by atomic mass is 16.7. The molecule has 1 heterocycles. The molecule has 0 amide bonds. The Morgan fingerprint density at radius 2 is 0.628 bits per heavy atom. The number of ether oxygens (including phenoxy) is 2. The molecule has 0 radical (unpaired) electrons. The van der Waals surface area contributed by atoms with Gasteiger partial charge >= 0.3 is 0 Å². The van der Waals surface area contributed by atoms with Gasteiger partial charge in [-0.25, -0.2) is 0 Å². The van der Waals surface area contributed by atoms with Crippen LogP contribution in [-0.2, 0) is 9.47 Å². The molecule has 0 aromatic carbocycles. The van der Waals surface area contributed by atoms with E-state index in [4.69, 9.17) is 9.47 Å². The third-order valence-electron chi connectivity index (χ3n) is 9.47. The molecule has 1 aliphatic rings. The predicted molar refractivity (Wildman–Crippen MR) is 193 cm³/mol. The van der Waals surface area contributed by atoms with E-state index in [0.29, 0.717) is 0 Å². The van der Waals surface area contributed by atoms with Gasteiger partial charge in [0.1, 0.15) is 0 Å². The Labute approximate surface area is 273 Å². The van der Waals surface area contributed by atoms with Crippen LogP contribution < -0.4 is 0 Å². The second kappa shape index (κ2) is 34.7. The van der Waals surface area contributed by atoms with Crippen molar-refractivity contribution in [2.75, 3.05) is 33.4 Å². The summed E-state index contributed by atoms with van der Waals surface area (Å²) in [5.41, 5.74) is 0. The van der Waals surface area contributed by atoms with E-state index in [2.05, 4.69) is 25.8 Å². The summed E-state index contributed by atoms with van der Waals surface area (Å²) in [5.74, 6) is -0.306. The van der Waals surface area contributed by atoms with E-state index in [0.717, 1.165) is 39.1 Å². The first-order chi connectivity index (χ1) is 21.2. The maximum absolute atomic E-state index is 6.50. The Morgan fingerprint density at radius 1 is 0.395 bits per heavy atom. The maximum Gasteiger partial charge on any atom is 0.170 e. The molecule has 1 aliphatic heterocycles. The van der Waals surface area contributed by atoms with Crippen molar-refractivity contribution in [2.45, 2.75) is 226 Å². The number of likely N-dealkylation sites (tertiary alicyclic amines) is 1. The highest BCUT2D eigenvalue weighted by Crippen LogP contribution is 2.28. The zero-order chi connectivity index (χ0) is 31.5. The van der Waals surface area contributed by atoms with E-state index in [1.807, 2.05) is 13.8 Å².